The maximum absolute atomic E-state index is 11.5. The highest BCUT2D eigenvalue weighted by atomic mass is 16.5. The molecular formula is C17H22N4O2. The zero-order chi connectivity index (χ0) is 16.7. The van der Waals surface area contributed by atoms with Gasteiger partial charge in [0.2, 0.25) is 0 Å². The minimum atomic E-state index is -0.587. The molecule has 0 aliphatic heterocycles. The molecule has 6 nitrogen and oxygen atoms in total. The van der Waals surface area contributed by atoms with E-state index in [0.717, 1.165) is 19.6 Å². The standard InChI is InChI=1S/C17H22N4O2/c1-3-21(4-2)9-10-23-13-11-15(14-7-5-6-8-19-14)20-16(12-13)17(18)22/h5-8,11-12H,3-4,9-10H2,1-2H3,(H2,18,22). The summed E-state index contributed by atoms with van der Waals surface area (Å²) in [7, 11) is 0. The van der Waals surface area contributed by atoms with Gasteiger partial charge in [0.25, 0.3) is 5.91 Å². The lowest BCUT2D eigenvalue weighted by atomic mass is 10.2. The third kappa shape index (κ3) is 4.75. The van der Waals surface area contributed by atoms with Crippen LogP contribution in [0.3, 0.4) is 0 Å². The van der Waals surface area contributed by atoms with Crippen LogP contribution in [0.5, 0.6) is 5.75 Å². The minimum absolute atomic E-state index is 0.172. The van der Waals surface area contributed by atoms with E-state index in [9.17, 15) is 4.79 Å². The van der Waals surface area contributed by atoms with E-state index in [0.29, 0.717) is 23.7 Å². The van der Waals surface area contributed by atoms with Crippen molar-refractivity contribution in [2.75, 3.05) is 26.2 Å². The SMILES string of the molecule is CCN(CC)CCOc1cc(C(N)=O)nc(-c2ccccn2)c1. The average Bonchev–Trinajstić information content (AvgIpc) is 2.59. The molecule has 6 heteroatoms. The molecule has 0 atom stereocenters. The molecule has 0 fully saturated rings. The Balaban J connectivity index is 2.19. The summed E-state index contributed by atoms with van der Waals surface area (Å²) < 4.78 is 5.78. The first-order valence-corrected chi connectivity index (χ1v) is 7.72. The molecule has 2 N–H and O–H groups in total. The Morgan fingerprint density at radius 2 is 2.00 bits per heavy atom. The summed E-state index contributed by atoms with van der Waals surface area (Å²) in [5.74, 6) is -0.0158. The smallest absolute Gasteiger partial charge is 0.267 e. The van der Waals surface area contributed by atoms with Crippen LogP contribution in [0.4, 0.5) is 0 Å². The summed E-state index contributed by atoms with van der Waals surface area (Å²) >= 11 is 0. The van der Waals surface area contributed by atoms with Crippen molar-refractivity contribution in [1.29, 1.82) is 0 Å². The molecule has 0 aliphatic rings. The molecule has 0 saturated carbocycles. The number of amides is 1. The van der Waals surface area contributed by atoms with Crippen molar-refractivity contribution in [2.45, 2.75) is 13.8 Å². The highest BCUT2D eigenvalue weighted by molar-refractivity contribution is 5.91. The molecule has 2 aromatic heterocycles. The predicted molar refractivity (Wildman–Crippen MR) is 89.3 cm³/mol. The lowest BCUT2D eigenvalue weighted by Gasteiger charge is -2.18. The number of rotatable bonds is 8. The van der Waals surface area contributed by atoms with Crippen LogP contribution in [0.2, 0.25) is 0 Å². The maximum Gasteiger partial charge on any atom is 0.267 e. The van der Waals surface area contributed by atoms with Crippen LogP contribution in [0.25, 0.3) is 11.4 Å². The number of carbonyl (C=O) groups excluding carboxylic acids is 1. The highest BCUT2D eigenvalue weighted by Gasteiger charge is 2.11. The lowest BCUT2D eigenvalue weighted by molar-refractivity contribution is 0.0995. The molecule has 2 aromatic rings. The van der Waals surface area contributed by atoms with Gasteiger partial charge in [-0.25, -0.2) is 4.98 Å². The van der Waals surface area contributed by atoms with E-state index in [4.69, 9.17) is 10.5 Å². The summed E-state index contributed by atoms with van der Waals surface area (Å²) in [4.78, 5) is 22.2. The number of hydrogen-bond donors (Lipinski definition) is 1. The number of carbonyl (C=O) groups is 1. The number of aromatic nitrogens is 2. The quantitative estimate of drug-likeness (QED) is 0.805. The number of primary amides is 1. The van der Waals surface area contributed by atoms with E-state index in [-0.39, 0.29) is 5.69 Å². The van der Waals surface area contributed by atoms with Gasteiger partial charge in [-0.1, -0.05) is 19.9 Å². The molecular weight excluding hydrogens is 292 g/mol. The van der Waals surface area contributed by atoms with Crippen molar-refractivity contribution in [3.8, 4) is 17.1 Å². The average molecular weight is 314 g/mol. The zero-order valence-electron chi connectivity index (χ0n) is 13.5. The van der Waals surface area contributed by atoms with Crippen molar-refractivity contribution < 1.29 is 9.53 Å². The van der Waals surface area contributed by atoms with Crippen molar-refractivity contribution in [1.82, 2.24) is 14.9 Å². The number of ether oxygens (including phenoxy) is 1. The van der Waals surface area contributed by atoms with E-state index < -0.39 is 5.91 Å². The Morgan fingerprint density at radius 1 is 1.22 bits per heavy atom. The maximum atomic E-state index is 11.5. The molecule has 1 amide bonds. The van der Waals surface area contributed by atoms with Gasteiger partial charge in [0.1, 0.15) is 18.1 Å². The van der Waals surface area contributed by atoms with Gasteiger partial charge in [-0.15, -0.1) is 0 Å². The van der Waals surface area contributed by atoms with Crippen molar-refractivity contribution in [2.24, 2.45) is 5.73 Å². The Bertz CT molecular complexity index is 642. The van der Waals surface area contributed by atoms with Crippen molar-refractivity contribution >= 4 is 5.91 Å². The van der Waals surface area contributed by atoms with Gasteiger partial charge >= 0.3 is 0 Å². The third-order valence-corrected chi connectivity index (χ3v) is 3.55. The van der Waals surface area contributed by atoms with Crippen molar-refractivity contribution in [3.63, 3.8) is 0 Å². The Labute approximate surface area is 136 Å². The van der Waals surface area contributed by atoms with Crippen LogP contribution >= 0.6 is 0 Å². The van der Waals surface area contributed by atoms with E-state index in [1.807, 2.05) is 18.2 Å². The van der Waals surface area contributed by atoms with E-state index in [1.54, 1.807) is 18.3 Å². The first kappa shape index (κ1) is 16.9. The fourth-order valence-corrected chi connectivity index (χ4v) is 2.19. The number of nitrogens with two attached hydrogens (primary N) is 1. The fraction of sp³-hybridized carbons (Fsp3) is 0.353. The van der Waals surface area contributed by atoms with Gasteiger partial charge in [0, 0.05) is 24.9 Å². The molecule has 122 valence electrons. The molecule has 0 bridgehead atoms. The molecule has 0 saturated heterocycles. The Kier molecular flexibility index (Phi) is 6.05. The number of hydrogen-bond acceptors (Lipinski definition) is 5. The number of nitrogens with zero attached hydrogens (tertiary/aromatic N) is 3. The molecule has 2 heterocycles. The highest BCUT2D eigenvalue weighted by Crippen LogP contribution is 2.21. The van der Waals surface area contributed by atoms with Gasteiger partial charge in [0.15, 0.2) is 0 Å². The number of likely N-dealkylation sites (N-methyl/N-ethyl adjacent to an activating group) is 1. The fourth-order valence-electron chi connectivity index (χ4n) is 2.19. The van der Waals surface area contributed by atoms with Crippen LogP contribution in [-0.2, 0) is 0 Å². The van der Waals surface area contributed by atoms with E-state index in [2.05, 4.69) is 28.7 Å². The van der Waals surface area contributed by atoms with Gasteiger partial charge in [-0.3, -0.25) is 9.78 Å². The second-order valence-electron chi connectivity index (χ2n) is 5.03. The summed E-state index contributed by atoms with van der Waals surface area (Å²) in [5, 5.41) is 0. The van der Waals surface area contributed by atoms with E-state index >= 15 is 0 Å². The summed E-state index contributed by atoms with van der Waals surface area (Å²) in [6.45, 7) is 7.52. The largest absolute Gasteiger partial charge is 0.492 e. The van der Waals surface area contributed by atoms with Crippen LogP contribution in [0.1, 0.15) is 24.3 Å². The number of pyridine rings is 2. The minimum Gasteiger partial charge on any atom is -0.492 e. The summed E-state index contributed by atoms with van der Waals surface area (Å²) in [5.41, 5.74) is 6.78. The second-order valence-corrected chi connectivity index (χ2v) is 5.03. The van der Waals surface area contributed by atoms with E-state index in [1.165, 1.54) is 0 Å². The Morgan fingerprint density at radius 3 is 2.61 bits per heavy atom. The normalized spacial score (nSPS) is 10.7. The summed E-state index contributed by atoms with van der Waals surface area (Å²) in [6, 6.07) is 8.85. The molecule has 0 radical (unpaired) electrons. The van der Waals surface area contributed by atoms with Gasteiger partial charge in [0.05, 0.1) is 11.4 Å². The topological polar surface area (TPSA) is 81.3 Å². The predicted octanol–water partition coefficient (Wildman–Crippen LogP) is 1.96. The molecule has 0 unspecified atom stereocenters. The molecule has 23 heavy (non-hydrogen) atoms. The lowest BCUT2D eigenvalue weighted by Crippen LogP contribution is -2.28. The molecule has 0 spiro atoms. The second kappa shape index (κ2) is 8.24. The first-order valence-electron chi connectivity index (χ1n) is 7.72. The van der Waals surface area contributed by atoms with Crippen LogP contribution in [0.15, 0.2) is 36.5 Å². The molecule has 0 aromatic carbocycles. The van der Waals surface area contributed by atoms with Crippen LogP contribution < -0.4 is 10.5 Å². The zero-order valence-corrected chi connectivity index (χ0v) is 13.5. The van der Waals surface area contributed by atoms with Crippen LogP contribution in [0, 0.1) is 0 Å². The Hall–Kier alpha value is -2.47. The van der Waals surface area contributed by atoms with Crippen molar-refractivity contribution in [3.05, 3.63) is 42.2 Å². The third-order valence-electron chi connectivity index (χ3n) is 3.55. The van der Waals surface area contributed by atoms with Crippen LogP contribution in [-0.4, -0.2) is 47.0 Å². The summed E-state index contributed by atoms with van der Waals surface area (Å²) in [6.07, 6.45) is 1.68. The molecule has 2 rings (SSSR count). The monoisotopic (exact) mass is 314 g/mol. The van der Waals surface area contributed by atoms with Gasteiger partial charge < -0.3 is 15.4 Å². The molecule has 0 aliphatic carbocycles. The van der Waals surface area contributed by atoms with Gasteiger partial charge in [-0.2, -0.15) is 0 Å². The first-order chi connectivity index (χ1) is 11.1. The van der Waals surface area contributed by atoms with Gasteiger partial charge in [-0.05, 0) is 25.2 Å².